The van der Waals surface area contributed by atoms with E-state index in [9.17, 15) is 29.4 Å². The molecule has 11 N–H and O–H groups in total. The minimum atomic E-state index is -1.28. The molecule has 0 spiro atoms. The summed E-state index contributed by atoms with van der Waals surface area (Å²) < 4.78 is 0. The molecule has 4 unspecified atom stereocenters. The Labute approximate surface area is 255 Å². The van der Waals surface area contributed by atoms with Crippen LogP contribution in [-0.4, -0.2) is 82.6 Å². The number of nitrogens with zero attached hydrogens (tertiary/aromatic N) is 1. The zero-order chi connectivity index (χ0) is 31.8. The van der Waals surface area contributed by atoms with E-state index < -0.39 is 47.9 Å². The fourth-order valence-corrected chi connectivity index (χ4v) is 4.60. The lowest BCUT2D eigenvalue weighted by Crippen LogP contribution is -2.57. The summed E-state index contributed by atoms with van der Waals surface area (Å²) in [6.07, 6.45) is 2.77. The van der Waals surface area contributed by atoms with E-state index in [0.29, 0.717) is 17.7 Å². The van der Waals surface area contributed by atoms with Gasteiger partial charge in [-0.3, -0.25) is 19.4 Å². The molecular weight excluding hydrogens is 574 g/mol. The summed E-state index contributed by atoms with van der Waals surface area (Å²) in [5.41, 5.74) is 18.3. The number of nitrogens with one attached hydrogen (secondary N) is 3. The van der Waals surface area contributed by atoms with Gasteiger partial charge in [-0.05, 0) is 61.0 Å². The summed E-state index contributed by atoms with van der Waals surface area (Å²) in [7, 11) is 0. The Morgan fingerprint density at radius 3 is 1.95 bits per heavy atom. The molecular formula is C29H41N7O6S. The molecule has 0 aromatic heterocycles. The van der Waals surface area contributed by atoms with Crippen molar-refractivity contribution in [1.29, 1.82) is 0 Å². The first kappa shape index (κ1) is 34.9. The Bertz CT molecular complexity index is 1230. The third-order valence-corrected chi connectivity index (χ3v) is 7.09. The molecule has 0 saturated heterocycles. The number of aliphatic imine (C=N–C) groups is 1. The molecule has 13 nitrogen and oxygen atoms in total. The smallest absolute Gasteiger partial charge is 0.326 e. The summed E-state index contributed by atoms with van der Waals surface area (Å²) in [4.78, 5) is 55.5. The third-order valence-electron chi connectivity index (χ3n) is 6.45. The van der Waals surface area contributed by atoms with Gasteiger partial charge in [0.1, 0.15) is 23.9 Å². The van der Waals surface area contributed by atoms with E-state index in [-0.39, 0.29) is 43.9 Å². The van der Waals surface area contributed by atoms with Gasteiger partial charge in [0.15, 0.2) is 5.96 Å². The van der Waals surface area contributed by atoms with Gasteiger partial charge in [0, 0.05) is 13.0 Å². The number of thioether (sulfide) groups is 1. The van der Waals surface area contributed by atoms with E-state index in [0.717, 1.165) is 5.56 Å². The maximum atomic E-state index is 13.4. The van der Waals surface area contributed by atoms with E-state index in [1.807, 2.05) is 36.6 Å². The molecule has 2 aromatic rings. The third kappa shape index (κ3) is 13.0. The summed E-state index contributed by atoms with van der Waals surface area (Å²) in [6.45, 7) is 0.214. The largest absolute Gasteiger partial charge is 0.508 e. The molecule has 2 rings (SSSR count). The lowest BCUT2D eigenvalue weighted by molar-refractivity contribution is -0.142. The van der Waals surface area contributed by atoms with Crippen LogP contribution >= 0.6 is 11.8 Å². The van der Waals surface area contributed by atoms with Crippen LogP contribution in [0.15, 0.2) is 59.6 Å². The molecule has 234 valence electrons. The van der Waals surface area contributed by atoms with Crippen LogP contribution in [-0.2, 0) is 32.0 Å². The molecule has 14 heteroatoms. The Morgan fingerprint density at radius 1 is 0.814 bits per heavy atom. The van der Waals surface area contributed by atoms with E-state index in [4.69, 9.17) is 17.2 Å². The standard InChI is InChI=1S/C29H41N7O6S/c1-43-15-13-23(27(40)36-24(28(41)42)17-19-9-11-20(37)12-10-19)35-26(39)22(8-5-14-33-29(31)32)34-25(38)21(30)16-18-6-3-2-4-7-18/h2-4,6-7,9-12,21-24,37H,5,8,13-17,30H2,1H3,(H,34,38)(H,35,39)(H,36,40)(H,41,42)(H4,31,32,33). The van der Waals surface area contributed by atoms with Crippen LogP contribution in [0.4, 0.5) is 0 Å². The second-order valence-corrected chi connectivity index (χ2v) is 10.9. The van der Waals surface area contributed by atoms with Crippen LogP contribution < -0.4 is 33.2 Å². The van der Waals surface area contributed by atoms with Crippen LogP contribution in [0.3, 0.4) is 0 Å². The quantitative estimate of drug-likeness (QED) is 0.0627. The lowest BCUT2D eigenvalue weighted by atomic mass is 10.0. The van der Waals surface area contributed by atoms with E-state index >= 15 is 0 Å². The first-order valence-electron chi connectivity index (χ1n) is 13.8. The number of carbonyl (C=O) groups is 4. The number of carboxylic acid groups (broad SMARTS) is 1. The van der Waals surface area contributed by atoms with Crippen molar-refractivity contribution >= 4 is 41.4 Å². The monoisotopic (exact) mass is 615 g/mol. The average Bonchev–Trinajstić information content (AvgIpc) is 2.97. The number of phenols is 1. The SMILES string of the molecule is CSCCC(NC(=O)C(CCCN=C(N)N)NC(=O)C(N)Cc1ccccc1)C(=O)NC(Cc1ccc(O)cc1)C(=O)O. The average molecular weight is 616 g/mol. The van der Waals surface area contributed by atoms with Gasteiger partial charge in [-0.15, -0.1) is 0 Å². The number of aromatic hydroxyl groups is 1. The van der Waals surface area contributed by atoms with Crippen molar-refractivity contribution in [2.75, 3.05) is 18.6 Å². The molecule has 0 bridgehead atoms. The highest BCUT2D eigenvalue weighted by molar-refractivity contribution is 7.98. The zero-order valence-electron chi connectivity index (χ0n) is 24.1. The van der Waals surface area contributed by atoms with Crippen LogP contribution in [0.2, 0.25) is 0 Å². The van der Waals surface area contributed by atoms with Gasteiger partial charge < -0.3 is 43.4 Å². The van der Waals surface area contributed by atoms with Gasteiger partial charge in [-0.25, -0.2) is 4.79 Å². The highest BCUT2D eigenvalue weighted by atomic mass is 32.2. The maximum Gasteiger partial charge on any atom is 0.326 e. The Hall–Kier alpha value is -4.30. The summed E-state index contributed by atoms with van der Waals surface area (Å²) in [5, 5.41) is 27.1. The van der Waals surface area contributed by atoms with Gasteiger partial charge in [0.25, 0.3) is 0 Å². The molecule has 0 heterocycles. The predicted octanol–water partition coefficient (Wildman–Crippen LogP) is -0.150. The molecule has 4 atom stereocenters. The molecule has 3 amide bonds. The lowest BCUT2D eigenvalue weighted by Gasteiger charge is -2.25. The molecule has 43 heavy (non-hydrogen) atoms. The van der Waals surface area contributed by atoms with Crippen molar-refractivity contribution in [2.45, 2.75) is 56.3 Å². The molecule has 0 aliphatic rings. The fourth-order valence-electron chi connectivity index (χ4n) is 4.13. The number of hydrogen-bond acceptors (Lipinski definition) is 8. The van der Waals surface area contributed by atoms with Crippen molar-refractivity contribution in [2.24, 2.45) is 22.2 Å². The van der Waals surface area contributed by atoms with Gasteiger partial charge in [-0.2, -0.15) is 11.8 Å². The number of guanidine groups is 1. The van der Waals surface area contributed by atoms with Gasteiger partial charge in [0.05, 0.1) is 6.04 Å². The molecule has 0 aliphatic heterocycles. The van der Waals surface area contributed by atoms with E-state index in [1.54, 1.807) is 12.1 Å². The number of hydrogen-bond donors (Lipinski definition) is 8. The van der Waals surface area contributed by atoms with Crippen LogP contribution in [0.25, 0.3) is 0 Å². The van der Waals surface area contributed by atoms with Crippen molar-refractivity contribution < 1.29 is 29.4 Å². The van der Waals surface area contributed by atoms with Crippen molar-refractivity contribution in [3.8, 4) is 5.75 Å². The van der Waals surface area contributed by atoms with Crippen molar-refractivity contribution in [3.05, 3.63) is 65.7 Å². The number of aliphatic carboxylic acids is 1. The molecule has 0 aliphatic carbocycles. The first-order valence-corrected chi connectivity index (χ1v) is 15.1. The van der Waals surface area contributed by atoms with Crippen LogP contribution in [0.5, 0.6) is 5.75 Å². The van der Waals surface area contributed by atoms with Gasteiger partial charge in [-0.1, -0.05) is 42.5 Å². The summed E-state index contributed by atoms with van der Waals surface area (Å²) in [6, 6.07) is 10.8. The zero-order valence-corrected chi connectivity index (χ0v) is 24.9. The summed E-state index contributed by atoms with van der Waals surface area (Å²) >= 11 is 1.45. The topological polar surface area (TPSA) is 235 Å². The highest BCUT2D eigenvalue weighted by Gasteiger charge is 2.30. The second kappa shape index (κ2) is 18.3. The number of phenolic OH excluding ortho intramolecular Hbond substituents is 1. The highest BCUT2D eigenvalue weighted by Crippen LogP contribution is 2.12. The number of carboxylic acids is 1. The molecule has 0 fully saturated rings. The number of nitrogens with two attached hydrogens (primary N) is 3. The second-order valence-electron chi connectivity index (χ2n) is 9.92. The predicted molar refractivity (Wildman–Crippen MR) is 166 cm³/mol. The number of carbonyl (C=O) groups excluding carboxylic acids is 3. The number of amides is 3. The van der Waals surface area contributed by atoms with Crippen molar-refractivity contribution in [1.82, 2.24) is 16.0 Å². The molecule has 0 saturated carbocycles. The van der Waals surface area contributed by atoms with E-state index in [1.165, 1.54) is 23.9 Å². The molecule has 2 aromatic carbocycles. The van der Waals surface area contributed by atoms with Gasteiger partial charge >= 0.3 is 5.97 Å². The maximum absolute atomic E-state index is 13.4. The first-order chi connectivity index (χ1) is 20.5. The van der Waals surface area contributed by atoms with Gasteiger partial charge in [0.2, 0.25) is 17.7 Å². The normalized spacial score (nSPS) is 13.5. The minimum absolute atomic E-state index is 0.0282. The summed E-state index contributed by atoms with van der Waals surface area (Å²) in [5.74, 6) is -2.69. The van der Waals surface area contributed by atoms with Crippen molar-refractivity contribution in [3.63, 3.8) is 0 Å². The Kier molecular flexibility index (Phi) is 14.8. The van der Waals surface area contributed by atoms with Crippen LogP contribution in [0, 0.1) is 0 Å². The fraction of sp³-hybridized carbons (Fsp3) is 0.414. The minimum Gasteiger partial charge on any atom is -0.508 e. The Balaban J connectivity index is 2.15. The number of benzene rings is 2. The Morgan fingerprint density at radius 2 is 1.37 bits per heavy atom. The number of rotatable bonds is 18. The van der Waals surface area contributed by atoms with Crippen LogP contribution in [0.1, 0.15) is 30.4 Å². The molecule has 0 radical (unpaired) electrons. The van der Waals surface area contributed by atoms with E-state index in [2.05, 4.69) is 20.9 Å².